The topological polar surface area (TPSA) is 81.6 Å². The molecule has 0 saturated carbocycles. The van der Waals surface area contributed by atoms with E-state index in [-0.39, 0.29) is 5.97 Å². The molecule has 1 aliphatic rings. The first-order chi connectivity index (χ1) is 12.3. The number of nitrogens with zero attached hydrogens (tertiary/aromatic N) is 3. The third-order valence-electron chi connectivity index (χ3n) is 4.20. The molecule has 1 aliphatic heterocycles. The minimum Gasteiger partial charge on any atom is -0.478 e. The largest absolute Gasteiger partial charge is 0.478 e. The van der Waals surface area contributed by atoms with Crippen LogP contribution in [-0.2, 0) is 9.53 Å². The molecule has 0 atom stereocenters. The molecular weight excluding hydrogens is 334 g/mol. The van der Waals surface area contributed by atoms with Gasteiger partial charge in [-0.1, -0.05) is 0 Å². The first kappa shape index (κ1) is 20.1. The number of piperidine rings is 1. The van der Waals surface area contributed by atoms with Gasteiger partial charge < -0.3 is 14.4 Å². The Morgan fingerprint density at radius 2 is 2.00 bits per heavy atom. The standard InChI is InChI=1S/C19H29N3O4/c1-5-25-16-12-15(13-23)20-18(21-16)22-10-8-14(9-11-22)6-7-17(24)26-19(2,3)4/h12-14H,5-11H2,1-4H3. The molecule has 0 unspecified atom stereocenters. The van der Waals surface area contributed by atoms with Crippen molar-refractivity contribution in [1.82, 2.24) is 9.97 Å². The number of rotatable bonds is 7. The fourth-order valence-electron chi connectivity index (χ4n) is 2.99. The first-order valence-electron chi connectivity index (χ1n) is 9.24. The third kappa shape index (κ3) is 6.28. The molecule has 1 fully saturated rings. The second-order valence-corrected chi connectivity index (χ2v) is 7.54. The van der Waals surface area contributed by atoms with Gasteiger partial charge in [0.25, 0.3) is 0 Å². The summed E-state index contributed by atoms with van der Waals surface area (Å²) in [5, 5.41) is 0. The Morgan fingerprint density at radius 3 is 2.58 bits per heavy atom. The van der Waals surface area contributed by atoms with Crippen molar-refractivity contribution in [2.24, 2.45) is 5.92 Å². The quantitative estimate of drug-likeness (QED) is 0.544. The van der Waals surface area contributed by atoms with Crippen molar-refractivity contribution in [2.75, 3.05) is 24.6 Å². The SMILES string of the molecule is CCOc1cc(C=O)nc(N2CCC(CCC(=O)OC(C)(C)C)CC2)n1. The summed E-state index contributed by atoms with van der Waals surface area (Å²) in [5.74, 6) is 1.30. The molecule has 1 aromatic heterocycles. The Balaban J connectivity index is 1.87. The Kier molecular flexibility index (Phi) is 6.94. The van der Waals surface area contributed by atoms with Crippen LogP contribution in [0, 0.1) is 5.92 Å². The van der Waals surface area contributed by atoms with Gasteiger partial charge >= 0.3 is 5.97 Å². The van der Waals surface area contributed by atoms with E-state index in [1.807, 2.05) is 27.7 Å². The molecular formula is C19H29N3O4. The Morgan fingerprint density at radius 1 is 1.31 bits per heavy atom. The van der Waals surface area contributed by atoms with Crippen LogP contribution in [0.2, 0.25) is 0 Å². The Hall–Kier alpha value is -2.18. The van der Waals surface area contributed by atoms with Crippen LogP contribution in [0.3, 0.4) is 0 Å². The van der Waals surface area contributed by atoms with Crippen molar-refractivity contribution in [3.8, 4) is 5.88 Å². The number of hydrogen-bond donors (Lipinski definition) is 0. The maximum Gasteiger partial charge on any atom is 0.306 e. The van der Waals surface area contributed by atoms with Gasteiger partial charge in [-0.05, 0) is 52.9 Å². The summed E-state index contributed by atoms with van der Waals surface area (Å²) >= 11 is 0. The summed E-state index contributed by atoms with van der Waals surface area (Å²) < 4.78 is 10.8. The molecule has 2 heterocycles. The second-order valence-electron chi connectivity index (χ2n) is 7.54. The predicted octanol–water partition coefficient (Wildman–Crippen LogP) is 3.03. The number of carbonyl (C=O) groups is 2. The maximum absolute atomic E-state index is 11.9. The zero-order valence-corrected chi connectivity index (χ0v) is 16.2. The number of ether oxygens (including phenoxy) is 2. The van der Waals surface area contributed by atoms with E-state index in [9.17, 15) is 9.59 Å². The molecule has 7 heteroatoms. The van der Waals surface area contributed by atoms with Gasteiger partial charge in [-0.25, -0.2) is 4.98 Å². The average molecular weight is 363 g/mol. The number of esters is 1. The lowest BCUT2D eigenvalue weighted by atomic mass is 9.92. The molecule has 0 radical (unpaired) electrons. The lowest BCUT2D eigenvalue weighted by Gasteiger charge is -2.32. The van der Waals surface area contributed by atoms with E-state index in [0.29, 0.717) is 42.8 Å². The predicted molar refractivity (Wildman–Crippen MR) is 98.6 cm³/mol. The fourth-order valence-corrected chi connectivity index (χ4v) is 2.99. The number of aromatic nitrogens is 2. The van der Waals surface area contributed by atoms with Crippen LogP contribution < -0.4 is 9.64 Å². The van der Waals surface area contributed by atoms with Crippen molar-refractivity contribution < 1.29 is 19.1 Å². The van der Waals surface area contributed by atoms with Gasteiger partial charge in [0.05, 0.1) is 6.61 Å². The van der Waals surface area contributed by atoms with E-state index in [4.69, 9.17) is 9.47 Å². The average Bonchev–Trinajstić information content (AvgIpc) is 2.59. The highest BCUT2D eigenvalue weighted by Crippen LogP contribution is 2.26. The molecule has 0 spiro atoms. The summed E-state index contributed by atoms with van der Waals surface area (Å²) in [6, 6.07) is 1.55. The van der Waals surface area contributed by atoms with Gasteiger partial charge in [0, 0.05) is 25.6 Å². The number of anilines is 1. The zero-order valence-electron chi connectivity index (χ0n) is 16.2. The van der Waals surface area contributed by atoms with Crippen molar-refractivity contribution >= 4 is 18.2 Å². The summed E-state index contributed by atoms with van der Waals surface area (Å²) in [4.78, 5) is 33.7. The molecule has 2 rings (SSSR count). The van der Waals surface area contributed by atoms with E-state index < -0.39 is 5.60 Å². The molecule has 0 aliphatic carbocycles. The number of carbonyl (C=O) groups excluding carboxylic acids is 2. The molecule has 144 valence electrons. The van der Waals surface area contributed by atoms with Crippen molar-refractivity contribution in [3.05, 3.63) is 11.8 Å². The maximum atomic E-state index is 11.9. The van der Waals surface area contributed by atoms with Crippen LogP contribution in [0.1, 0.15) is 63.9 Å². The molecule has 0 bridgehead atoms. The van der Waals surface area contributed by atoms with Gasteiger partial charge in [-0.2, -0.15) is 4.98 Å². The highest BCUT2D eigenvalue weighted by Gasteiger charge is 2.24. The summed E-state index contributed by atoms with van der Waals surface area (Å²) in [5.41, 5.74) is -0.106. The van der Waals surface area contributed by atoms with Gasteiger partial charge in [0.15, 0.2) is 6.29 Å². The first-order valence-corrected chi connectivity index (χ1v) is 9.24. The molecule has 7 nitrogen and oxygen atoms in total. The van der Waals surface area contributed by atoms with Gasteiger partial charge in [-0.3, -0.25) is 9.59 Å². The van der Waals surface area contributed by atoms with E-state index in [1.165, 1.54) is 0 Å². The zero-order chi connectivity index (χ0) is 19.2. The monoisotopic (exact) mass is 363 g/mol. The van der Waals surface area contributed by atoms with Gasteiger partial charge in [0.2, 0.25) is 11.8 Å². The molecule has 0 amide bonds. The minimum absolute atomic E-state index is 0.136. The second kappa shape index (κ2) is 8.96. The van der Waals surface area contributed by atoms with E-state index in [0.717, 1.165) is 32.4 Å². The lowest BCUT2D eigenvalue weighted by Crippen LogP contribution is -2.35. The lowest BCUT2D eigenvalue weighted by molar-refractivity contribution is -0.155. The molecule has 1 saturated heterocycles. The van der Waals surface area contributed by atoms with Crippen LogP contribution >= 0.6 is 0 Å². The highest BCUT2D eigenvalue weighted by molar-refractivity contribution is 5.73. The molecule has 26 heavy (non-hydrogen) atoms. The smallest absolute Gasteiger partial charge is 0.306 e. The van der Waals surface area contributed by atoms with E-state index in [1.54, 1.807) is 6.07 Å². The van der Waals surface area contributed by atoms with Crippen LogP contribution in [0.25, 0.3) is 0 Å². The summed E-state index contributed by atoms with van der Waals surface area (Å²) in [6.45, 7) is 9.60. The van der Waals surface area contributed by atoms with Crippen molar-refractivity contribution in [2.45, 2.75) is 59.0 Å². The number of hydrogen-bond acceptors (Lipinski definition) is 7. The van der Waals surface area contributed by atoms with E-state index in [2.05, 4.69) is 14.9 Å². The van der Waals surface area contributed by atoms with Crippen molar-refractivity contribution in [1.29, 1.82) is 0 Å². The normalized spacial score (nSPS) is 15.6. The van der Waals surface area contributed by atoms with E-state index >= 15 is 0 Å². The highest BCUT2D eigenvalue weighted by atomic mass is 16.6. The summed E-state index contributed by atoms with van der Waals surface area (Å²) in [6.07, 6.45) is 3.92. The van der Waals surface area contributed by atoms with Crippen molar-refractivity contribution in [3.63, 3.8) is 0 Å². The molecule has 0 aromatic carbocycles. The van der Waals surface area contributed by atoms with Gasteiger partial charge in [-0.15, -0.1) is 0 Å². The molecule has 1 aromatic rings. The van der Waals surface area contributed by atoms with Crippen LogP contribution in [0.4, 0.5) is 5.95 Å². The molecule has 0 N–H and O–H groups in total. The van der Waals surface area contributed by atoms with Gasteiger partial charge in [0.1, 0.15) is 11.3 Å². The Bertz CT molecular complexity index is 620. The number of aldehydes is 1. The minimum atomic E-state index is -0.431. The van der Waals surface area contributed by atoms with Crippen LogP contribution in [0.5, 0.6) is 5.88 Å². The summed E-state index contributed by atoms with van der Waals surface area (Å²) in [7, 11) is 0. The van der Waals surface area contributed by atoms with Crippen LogP contribution in [0.15, 0.2) is 6.07 Å². The third-order valence-corrected chi connectivity index (χ3v) is 4.20. The Labute approximate surface area is 155 Å². The van der Waals surface area contributed by atoms with Crippen LogP contribution in [-0.4, -0.2) is 47.5 Å². The fraction of sp³-hybridized carbons (Fsp3) is 0.684.